The number of nitrogens with zero attached hydrogens (tertiary/aromatic N) is 1. The maximum atomic E-state index is 12.9. The van der Waals surface area contributed by atoms with Gasteiger partial charge in [0.25, 0.3) is 17.7 Å². The molecular weight excluding hydrogens is 426 g/mol. The zero-order valence-electron chi connectivity index (χ0n) is 18.7. The van der Waals surface area contributed by atoms with Crippen LogP contribution in [-0.4, -0.2) is 56.0 Å². The molecule has 2 atom stereocenters. The topological polar surface area (TPSA) is 114 Å². The normalized spacial score (nSPS) is 15.6. The molecule has 3 amide bonds. The number of carbonyl (C=O) groups excluding carboxylic acids is 4. The minimum atomic E-state index is -0.930. The van der Waals surface area contributed by atoms with E-state index in [4.69, 9.17) is 9.47 Å². The Bertz CT molecular complexity index is 1020. The van der Waals surface area contributed by atoms with Crippen molar-refractivity contribution in [2.75, 3.05) is 25.1 Å². The molecule has 0 fully saturated rings. The van der Waals surface area contributed by atoms with Gasteiger partial charge < -0.3 is 25.0 Å². The number of hydrogen-bond acceptors (Lipinski definition) is 6. The minimum absolute atomic E-state index is 0.0224. The predicted molar refractivity (Wildman–Crippen MR) is 121 cm³/mol. The second-order valence-corrected chi connectivity index (χ2v) is 7.86. The molecule has 3 rings (SSSR count). The van der Waals surface area contributed by atoms with Crippen LogP contribution in [0.2, 0.25) is 0 Å². The second kappa shape index (κ2) is 10.6. The third kappa shape index (κ3) is 5.68. The first-order valence-corrected chi connectivity index (χ1v) is 10.6. The molecule has 174 valence electrons. The van der Waals surface area contributed by atoms with Crippen molar-refractivity contribution in [2.24, 2.45) is 5.92 Å². The van der Waals surface area contributed by atoms with E-state index < -0.39 is 36.5 Å². The van der Waals surface area contributed by atoms with E-state index in [-0.39, 0.29) is 18.4 Å². The van der Waals surface area contributed by atoms with Gasteiger partial charge in [0, 0.05) is 12.6 Å². The molecule has 1 aliphatic rings. The fourth-order valence-electron chi connectivity index (χ4n) is 3.38. The van der Waals surface area contributed by atoms with E-state index in [9.17, 15) is 19.2 Å². The summed E-state index contributed by atoms with van der Waals surface area (Å²) in [5, 5.41) is 5.18. The van der Waals surface area contributed by atoms with Gasteiger partial charge in [-0.1, -0.05) is 44.2 Å². The molecule has 0 radical (unpaired) electrons. The van der Waals surface area contributed by atoms with Crippen LogP contribution in [-0.2, 0) is 19.1 Å². The maximum Gasteiger partial charge on any atom is 0.329 e. The first kappa shape index (κ1) is 23.8. The summed E-state index contributed by atoms with van der Waals surface area (Å²) in [7, 11) is 1.48. The number of amides is 3. The van der Waals surface area contributed by atoms with E-state index in [1.807, 2.05) is 0 Å². The lowest BCUT2D eigenvalue weighted by atomic mass is 10.0. The molecule has 0 saturated heterocycles. The van der Waals surface area contributed by atoms with Gasteiger partial charge in [0.2, 0.25) is 0 Å². The Morgan fingerprint density at radius 3 is 2.39 bits per heavy atom. The van der Waals surface area contributed by atoms with Gasteiger partial charge >= 0.3 is 5.97 Å². The van der Waals surface area contributed by atoms with Crippen LogP contribution in [0.1, 0.15) is 24.2 Å². The van der Waals surface area contributed by atoms with Crippen LogP contribution in [0.5, 0.6) is 5.75 Å². The van der Waals surface area contributed by atoms with Crippen LogP contribution >= 0.6 is 0 Å². The molecular formula is C24H27N3O6. The van der Waals surface area contributed by atoms with E-state index in [2.05, 4.69) is 10.6 Å². The Morgan fingerprint density at radius 1 is 1.06 bits per heavy atom. The highest BCUT2D eigenvalue weighted by Crippen LogP contribution is 2.33. The SMILES string of the molecule is CNC(=O)C1CN(C(=O)COC(=O)[C@@H](NC(=O)c2ccccc2)C(C)C)c2ccccc2O1. The molecule has 1 heterocycles. The van der Waals surface area contributed by atoms with Crippen molar-refractivity contribution in [3.63, 3.8) is 0 Å². The van der Waals surface area contributed by atoms with E-state index in [1.165, 1.54) is 11.9 Å². The van der Waals surface area contributed by atoms with Crippen molar-refractivity contribution >= 4 is 29.4 Å². The summed E-state index contributed by atoms with van der Waals surface area (Å²) >= 11 is 0. The first-order valence-electron chi connectivity index (χ1n) is 10.6. The summed E-state index contributed by atoms with van der Waals surface area (Å²) in [5.41, 5.74) is 0.897. The average molecular weight is 453 g/mol. The van der Waals surface area contributed by atoms with Crippen molar-refractivity contribution in [2.45, 2.75) is 26.0 Å². The Morgan fingerprint density at radius 2 is 1.73 bits per heavy atom. The van der Waals surface area contributed by atoms with E-state index in [1.54, 1.807) is 68.4 Å². The summed E-state index contributed by atoms with van der Waals surface area (Å²) in [6.45, 7) is 2.97. The van der Waals surface area contributed by atoms with Crippen LogP contribution in [0.4, 0.5) is 5.69 Å². The number of benzene rings is 2. The zero-order chi connectivity index (χ0) is 24.0. The number of rotatable bonds is 7. The van der Waals surface area contributed by atoms with Gasteiger partial charge in [-0.15, -0.1) is 0 Å². The number of fused-ring (bicyclic) bond motifs is 1. The highest BCUT2D eigenvalue weighted by atomic mass is 16.5. The third-order valence-corrected chi connectivity index (χ3v) is 5.19. The Balaban J connectivity index is 1.67. The quantitative estimate of drug-likeness (QED) is 0.615. The first-order chi connectivity index (χ1) is 15.8. The van der Waals surface area contributed by atoms with Crippen molar-refractivity contribution in [1.29, 1.82) is 0 Å². The van der Waals surface area contributed by atoms with E-state index in [0.29, 0.717) is 17.0 Å². The maximum absolute atomic E-state index is 12.9. The minimum Gasteiger partial charge on any atom is -0.477 e. The molecule has 1 aliphatic heterocycles. The number of anilines is 1. The van der Waals surface area contributed by atoms with E-state index >= 15 is 0 Å². The summed E-state index contributed by atoms with van der Waals surface area (Å²) in [5.74, 6) is -1.89. The smallest absolute Gasteiger partial charge is 0.329 e. The molecule has 2 aromatic rings. The van der Waals surface area contributed by atoms with Crippen LogP contribution in [0.15, 0.2) is 54.6 Å². The molecule has 2 N–H and O–H groups in total. The van der Waals surface area contributed by atoms with Crippen LogP contribution in [0.25, 0.3) is 0 Å². The van der Waals surface area contributed by atoms with Gasteiger partial charge in [-0.2, -0.15) is 0 Å². The van der Waals surface area contributed by atoms with Crippen molar-refractivity contribution in [3.05, 3.63) is 60.2 Å². The monoisotopic (exact) mass is 453 g/mol. The van der Waals surface area contributed by atoms with Gasteiger partial charge in [0.1, 0.15) is 11.8 Å². The number of nitrogens with one attached hydrogen (secondary N) is 2. The summed E-state index contributed by atoms with van der Waals surface area (Å²) < 4.78 is 11.0. The molecule has 33 heavy (non-hydrogen) atoms. The summed E-state index contributed by atoms with van der Waals surface area (Å²) in [4.78, 5) is 51.6. The molecule has 0 spiro atoms. The highest BCUT2D eigenvalue weighted by molar-refractivity contribution is 6.00. The largest absolute Gasteiger partial charge is 0.477 e. The molecule has 0 saturated carbocycles. The third-order valence-electron chi connectivity index (χ3n) is 5.19. The lowest BCUT2D eigenvalue weighted by molar-refractivity contribution is -0.151. The molecule has 2 aromatic carbocycles. The van der Waals surface area contributed by atoms with Gasteiger partial charge in [-0.3, -0.25) is 14.4 Å². The Kier molecular flexibility index (Phi) is 7.66. The van der Waals surface area contributed by atoms with Gasteiger partial charge in [-0.25, -0.2) is 4.79 Å². The number of ether oxygens (including phenoxy) is 2. The molecule has 9 nitrogen and oxygen atoms in total. The van der Waals surface area contributed by atoms with Crippen LogP contribution < -0.4 is 20.3 Å². The Hall–Kier alpha value is -3.88. The number of hydrogen-bond donors (Lipinski definition) is 2. The van der Waals surface area contributed by atoms with Crippen LogP contribution in [0, 0.1) is 5.92 Å². The lowest BCUT2D eigenvalue weighted by Gasteiger charge is -2.34. The Labute approximate surface area is 192 Å². The van der Waals surface area contributed by atoms with Crippen molar-refractivity contribution in [1.82, 2.24) is 10.6 Å². The average Bonchev–Trinajstić information content (AvgIpc) is 2.84. The standard InChI is InChI=1S/C24H27N3O6/c1-15(2)21(26-22(29)16-9-5-4-6-10-16)24(31)32-14-20(28)27-13-19(23(30)25-3)33-18-12-8-7-11-17(18)27/h4-12,15,19,21H,13-14H2,1-3H3,(H,25,30)(H,26,29)/t19?,21-/m0/s1. The highest BCUT2D eigenvalue weighted by Gasteiger charge is 2.34. The number of esters is 1. The fraction of sp³-hybridized carbons (Fsp3) is 0.333. The number of likely N-dealkylation sites (N-methyl/N-ethyl adjacent to an activating group) is 1. The fourth-order valence-corrected chi connectivity index (χ4v) is 3.38. The van der Waals surface area contributed by atoms with Gasteiger partial charge in [0.05, 0.1) is 12.2 Å². The zero-order valence-corrected chi connectivity index (χ0v) is 18.7. The molecule has 0 bridgehead atoms. The lowest BCUT2D eigenvalue weighted by Crippen LogP contribution is -2.51. The van der Waals surface area contributed by atoms with E-state index in [0.717, 1.165) is 0 Å². The molecule has 0 aromatic heterocycles. The molecule has 0 aliphatic carbocycles. The number of para-hydroxylation sites is 2. The molecule has 1 unspecified atom stereocenters. The van der Waals surface area contributed by atoms with Crippen molar-refractivity contribution < 1.29 is 28.7 Å². The van der Waals surface area contributed by atoms with Crippen LogP contribution in [0.3, 0.4) is 0 Å². The second-order valence-electron chi connectivity index (χ2n) is 7.86. The number of carbonyl (C=O) groups is 4. The summed E-state index contributed by atoms with van der Waals surface area (Å²) in [6.07, 6.45) is -0.891. The van der Waals surface area contributed by atoms with Crippen molar-refractivity contribution in [3.8, 4) is 5.75 Å². The van der Waals surface area contributed by atoms with Gasteiger partial charge in [-0.05, 0) is 30.2 Å². The van der Waals surface area contributed by atoms with Gasteiger partial charge in [0.15, 0.2) is 12.7 Å². The predicted octanol–water partition coefficient (Wildman–Crippen LogP) is 1.52. The summed E-state index contributed by atoms with van der Waals surface area (Å²) in [6, 6.07) is 14.4. The molecule has 9 heteroatoms.